The van der Waals surface area contributed by atoms with E-state index in [1.165, 1.54) is 0 Å². The fraction of sp³-hybridized carbons (Fsp3) is 1.00. The summed E-state index contributed by atoms with van der Waals surface area (Å²) < 4.78 is 12.0. The van der Waals surface area contributed by atoms with Gasteiger partial charge in [-0.15, -0.1) is 0 Å². The van der Waals surface area contributed by atoms with Crippen molar-refractivity contribution in [3.05, 3.63) is 0 Å². The first-order valence-electron chi connectivity index (χ1n) is 11.6. The number of likely N-dealkylation sites (tertiary alicyclic amines) is 1. The van der Waals surface area contributed by atoms with E-state index in [2.05, 4.69) is 18.7 Å². The van der Waals surface area contributed by atoms with Crippen molar-refractivity contribution in [2.75, 3.05) is 27.3 Å². The second-order valence-corrected chi connectivity index (χ2v) is 11.3. The van der Waals surface area contributed by atoms with Crippen LogP contribution in [0.3, 0.4) is 0 Å². The average Bonchev–Trinajstić information content (AvgIpc) is 3.16. The van der Waals surface area contributed by atoms with Crippen LogP contribution in [-0.4, -0.2) is 72.4 Å². The summed E-state index contributed by atoms with van der Waals surface area (Å²) >= 11 is 0. The molecule has 28 heavy (non-hydrogen) atoms. The molecule has 0 aromatic heterocycles. The molecule has 5 nitrogen and oxygen atoms in total. The lowest BCUT2D eigenvalue weighted by molar-refractivity contribution is -0.268. The van der Waals surface area contributed by atoms with E-state index in [4.69, 9.17) is 9.47 Å². The molecule has 5 saturated carbocycles. The number of ether oxygens (including phenoxy) is 2. The first-order valence-corrected chi connectivity index (χ1v) is 11.6. The smallest absolute Gasteiger partial charge is 0.0771 e. The van der Waals surface area contributed by atoms with Crippen molar-refractivity contribution < 1.29 is 19.7 Å². The summed E-state index contributed by atoms with van der Waals surface area (Å²) in [5.74, 6) is 1.58. The van der Waals surface area contributed by atoms with Crippen molar-refractivity contribution in [3.63, 3.8) is 0 Å². The molecule has 12 unspecified atom stereocenters. The highest BCUT2D eigenvalue weighted by Crippen LogP contribution is 2.78. The van der Waals surface area contributed by atoms with Crippen LogP contribution in [0.25, 0.3) is 0 Å². The van der Waals surface area contributed by atoms with Gasteiger partial charge in [0.1, 0.15) is 0 Å². The molecule has 6 fully saturated rings. The lowest BCUT2D eigenvalue weighted by Crippen LogP contribution is -2.75. The zero-order valence-corrected chi connectivity index (χ0v) is 17.8. The lowest BCUT2D eigenvalue weighted by atomic mass is 9.43. The Morgan fingerprint density at radius 3 is 2.61 bits per heavy atom. The molecule has 0 amide bonds. The molecule has 158 valence electrons. The van der Waals surface area contributed by atoms with Crippen LogP contribution in [0.5, 0.6) is 0 Å². The third-order valence-electron chi connectivity index (χ3n) is 10.9. The van der Waals surface area contributed by atoms with Gasteiger partial charge in [-0.2, -0.15) is 0 Å². The Morgan fingerprint density at radius 2 is 1.93 bits per heavy atom. The topological polar surface area (TPSA) is 62.2 Å². The van der Waals surface area contributed by atoms with Crippen molar-refractivity contribution in [3.8, 4) is 0 Å². The third kappa shape index (κ3) is 1.73. The van der Waals surface area contributed by atoms with E-state index in [9.17, 15) is 10.2 Å². The quantitative estimate of drug-likeness (QED) is 0.770. The second-order valence-electron chi connectivity index (χ2n) is 11.3. The van der Waals surface area contributed by atoms with E-state index in [0.29, 0.717) is 23.8 Å². The molecule has 5 heteroatoms. The van der Waals surface area contributed by atoms with Gasteiger partial charge in [0.15, 0.2) is 0 Å². The van der Waals surface area contributed by atoms with Gasteiger partial charge in [-0.05, 0) is 49.5 Å². The van der Waals surface area contributed by atoms with E-state index in [0.717, 1.165) is 45.2 Å². The highest BCUT2D eigenvalue weighted by molar-refractivity contribution is 5.32. The van der Waals surface area contributed by atoms with E-state index < -0.39 is 5.60 Å². The van der Waals surface area contributed by atoms with E-state index in [1.807, 2.05) is 7.11 Å². The van der Waals surface area contributed by atoms with Gasteiger partial charge in [0.25, 0.3) is 0 Å². The standard InChI is InChI=1S/C23H37NO4/c1-5-24-11-21(2)7-6-17(25)23-13-8-12-15(27-3)10-22(26,18(13)19(12)28-4)14(20(23)24)9-16(21)23/h12-20,25-26H,5-11H2,1-4H3. The summed E-state index contributed by atoms with van der Waals surface area (Å²) in [6.07, 6.45) is 4.75. The molecule has 1 heterocycles. The molecular weight excluding hydrogens is 354 g/mol. The fourth-order valence-corrected chi connectivity index (χ4v) is 10.4. The summed E-state index contributed by atoms with van der Waals surface area (Å²) in [7, 11) is 3.61. The van der Waals surface area contributed by atoms with Crippen molar-refractivity contribution >= 4 is 0 Å². The summed E-state index contributed by atoms with van der Waals surface area (Å²) in [5.41, 5.74) is -0.543. The molecule has 1 aliphatic heterocycles. The molecule has 1 spiro atoms. The molecule has 1 saturated heterocycles. The molecule has 5 aliphatic carbocycles. The molecule has 12 atom stereocenters. The van der Waals surface area contributed by atoms with Gasteiger partial charge in [0, 0.05) is 56.4 Å². The summed E-state index contributed by atoms with van der Waals surface area (Å²) in [5, 5.41) is 24.0. The number of fused-ring (bicyclic) bond motifs is 2. The summed E-state index contributed by atoms with van der Waals surface area (Å²) in [4.78, 5) is 2.65. The molecule has 6 aliphatic rings. The van der Waals surface area contributed by atoms with Gasteiger partial charge in [-0.25, -0.2) is 0 Å². The molecule has 6 rings (SSSR count). The minimum absolute atomic E-state index is 0.0580. The first kappa shape index (κ1) is 18.6. The number of hydrogen-bond acceptors (Lipinski definition) is 5. The fourth-order valence-electron chi connectivity index (χ4n) is 10.4. The van der Waals surface area contributed by atoms with Crippen LogP contribution in [0, 0.1) is 40.4 Å². The highest BCUT2D eigenvalue weighted by atomic mass is 16.5. The maximum atomic E-state index is 12.4. The summed E-state index contributed by atoms with van der Waals surface area (Å²) in [6.45, 7) is 6.88. The number of piperidine rings is 1. The zero-order chi connectivity index (χ0) is 19.6. The number of aliphatic hydroxyl groups excluding tert-OH is 1. The van der Waals surface area contributed by atoms with Gasteiger partial charge in [0.2, 0.25) is 0 Å². The van der Waals surface area contributed by atoms with Crippen LogP contribution in [-0.2, 0) is 9.47 Å². The zero-order valence-electron chi connectivity index (χ0n) is 17.8. The second kappa shape index (κ2) is 5.53. The number of nitrogens with zero attached hydrogens (tertiary/aromatic N) is 1. The molecule has 0 radical (unpaired) electrons. The monoisotopic (exact) mass is 391 g/mol. The Bertz CT molecular complexity index is 688. The Hall–Kier alpha value is -0.200. The van der Waals surface area contributed by atoms with Gasteiger partial charge in [0.05, 0.1) is 23.9 Å². The van der Waals surface area contributed by atoms with Crippen LogP contribution in [0.2, 0.25) is 0 Å². The molecule has 0 aromatic carbocycles. The van der Waals surface area contributed by atoms with Crippen LogP contribution >= 0.6 is 0 Å². The van der Waals surface area contributed by atoms with Crippen LogP contribution in [0.15, 0.2) is 0 Å². The van der Waals surface area contributed by atoms with Crippen molar-refractivity contribution in [1.29, 1.82) is 0 Å². The number of methoxy groups -OCH3 is 2. The predicted octanol–water partition coefficient (Wildman–Crippen LogP) is 1.90. The average molecular weight is 392 g/mol. The SMILES string of the molecule is CCN1CC2(C)CCC(O)C34C5CC6C(OC)CC(O)(C(CC23)C14)C5C6OC. The van der Waals surface area contributed by atoms with Crippen LogP contribution < -0.4 is 0 Å². The maximum Gasteiger partial charge on any atom is 0.0771 e. The van der Waals surface area contributed by atoms with Crippen LogP contribution in [0.1, 0.15) is 46.0 Å². The third-order valence-corrected chi connectivity index (χ3v) is 10.9. The Labute approximate surface area is 168 Å². The van der Waals surface area contributed by atoms with Gasteiger partial charge < -0.3 is 19.7 Å². The van der Waals surface area contributed by atoms with Crippen molar-refractivity contribution in [1.82, 2.24) is 4.90 Å². The molecule has 0 aromatic rings. The van der Waals surface area contributed by atoms with E-state index in [1.54, 1.807) is 7.11 Å². The summed E-state index contributed by atoms with van der Waals surface area (Å²) in [6, 6.07) is 0.309. The number of aliphatic hydroxyl groups is 2. The Kier molecular flexibility index (Phi) is 3.67. The minimum atomic E-state index is -0.731. The molecule has 2 N–H and O–H groups in total. The number of hydrogen-bond donors (Lipinski definition) is 2. The molecular formula is C23H37NO4. The predicted molar refractivity (Wildman–Crippen MR) is 105 cm³/mol. The van der Waals surface area contributed by atoms with Crippen molar-refractivity contribution in [2.45, 2.75) is 75.9 Å². The van der Waals surface area contributed by atoms with Gasteiger partial charge in [-0.1, -0.05) is 13.8 Å². The first-order chi connectivity index (χ1) is 13.4. The Balaban J connectivity index is 1.59. The minimum Gasteiger partial charge on any atom is -0.392 e. The van der Waals surface area contributed by atoms with Gasteiger partial charge in [-0.3, -0.25) is 4.90 Å². The lowest BCUT2D eigenvalue weighted by Gasteiger charge is -2.68. The maximum absolute atomic E-state index is 12.4. The van der Waals surface area contributed by atoms with E-state index >= 15 is 0 Å². The van der Waals surface area contributed by atoms with Crippen LogP contribution in [0.4, 0.5) is 0 Å². The Morgan fingerprint density at radius 1 is 1.14 bits per heavy atom. The number of rotatable bonds is 3. The molecule has 7 bridgehead atoms. The van der Waals surface area contributed by atoms with Gasteiger partial charge >= 0.3 is 0 Å². The van der Waals surface area contributed by atoms with Crippen molar-refractivity contribution in [2.24, 2.45) is 40.4 Å². The highest BCUT2D eigenvalue weighted by Gasteiger charge is 2.83. The van der Waals surface area contributed by atoms with E-state index in [-0.39, 0.29) is 41.0 Å². The largest absolute Gasteiger partial charge is 0.392 e. The normalized spacial score (nSPS) is 64.3.